The lowest BCUT2D eigenvalue weighted by molar-refractivity contribution is -0.385. The minimum Gasteiger partial charge on any atom is -0.360 e. The number of halogens is 1. The van der Waals surface area contributed by atoms with Crippen LogP contribution in [-0.2, 0) is 6.42 Å². The Balaban J connectivity index is 1.83. The van der Waals surface area contributed by atoms with Gasteiger partial charge in [-0.05, 0) is 54.8 Å². The molecule has 3 aromatic carbocycles. The van der Waals surface area contributed by atoms with E-state index in [1.807, 2.05) is 42.5 Å². The summed E-state index contributed by atoms with van der Waals surface area (Å²) in [7, 11) is 0. The molecule has 7 heteroatoms. The van der Waals surface area contributed by atoms with Crippen LogP contribution in [0.15, 0.2) is 71.2 Å². The molecule has 31 heavy (non-hydrogen) atoms. The number of anilines is 2. The van der Waals surface area contributed by atoms with Gasteiger partial charge < -0.3 is 5.32 Å². The number of fused-ring (bicyclic) bond motifs is 1. The van der Waals surface area contributed by atoms with Gasteiger partial charge in [-0.15, -0.1) is 0 Å². The maximum atomic E-state index is 13.5. The molecular formula is C24H22BrN3O3. The molecule has 0 saturated carbocycles. The second-order valence-electron chi connectivity index (χ2n) is 7.50. The second-order valence-corrected chi connectivity index (χ2v) is 8.41. The summed E-state index contributed by atoms with van der Waals surface area (Å²) in [5.74, 6) is -0.199. The predicted octanol–water partition coefficient (Wildman–Crippen LogP) is 6.47. The third kappa shape index (κ3) is 4.18. The van der Waals surface area contributed by atoms with Crippen molar-refractivity contribution < 1.29 is 9.72 Å². The van der Waals surface area contributed by atoms with Crippen molar-refractivity contribution in [3.05, 3.63) is 98.0 Å². The third-order valence-electron chi connectivity index (χ3n) is 5.44. The van der Waals surface area contributed by atoms with Gasteiger partial charge in [0.05, 0.1) is 16.1 Å². The summed E-state index contributed by atoms with van der Waals surface area (Å²) in [5, 5.41) is 15.1. The zero-order valence-electron chi connectivity index (χ0n) is 17.0. The molecule has 1 heterocycles. The molecule has 1 aliphatic rings. The van der Waals surface area contributed by atoms with Crippen LogP contribution >= 0.6 is 15.9 Å². The highest BCUT2D eigenvalue weighted by Crippen LogP contribution is 2.40. The first-order valence-electron chi connectivity index (χ1n) is 10.2. The van der Waals surface area contributed by atoms with E-state index in [1.54, 1.807) is 23.1 Å². The molecule has 0 aromatic heterocycles. The number of unbranched alkanes of at least 4 members (excludes halogenated alkanes) is 1. The van der Waals surface area contributed by atoms with Gasteiger partial charge in [0.2, 0.25) is 0 Å². The van der Waals surface area contributed by atoms with Gasteiger partial charge in [-0.3, -0.25) is 19.8 Å². The Bertz CT molecular complexity index is 1130. The first-order chi connectivity index (χ1) is 15.0. The Morgan fingerprint density at radius 3 is 2.55 bits per heavy atom. The number of hydrogen-bond donors (Lipinski definition) is 1. The van der Waals surface area contributed by atoms with Crippen molar-refractivity contribution in [2.75, 3.05) is 10.2 Å². The molecule has 0 aliphatic carbocycles. The molecular weight excluding hydrogens is 458 g/mol. The minimum atomic E-state index is -0.721. The maximum absolute atomic E-state index is 13.5. The van der Waals surface area contributed by atoms with E-state index in [-0.39, 0.29) is 11.6 Å². The number of benzene rings is 3. The number of nitrogens with one attached hydrogen (secondary N) is 1. The number of carbonyl (C=O) groups excluding carboxylic acids is 1. The average molecular weight is 480 g/mol. The summed E-state index contributed by atoms with van der Waals surface area (Å²) < 4.78 is 0.705. The average Bonchev–Trinajstić information content (AvgIpc) is 2.78. The van der Waals surface area contributed by atoms with Crippen LogP contribution in [0.25, 0.3) is 0 Å². The SMILES string of the molecule is CCCCc1ccc(N2C(=O)c3ccccc3NC2c2cc(Br)ccc2[N+](=O)[O-])cc1. The fraction of sp³-hybridized carbons (Fsp3) is 0.208. The standard InChI is InChI=1S/C24H22BrN3O3/c1-2-3-6-16-9-12-18(13-10-16)27-23(20-15-17(25)11-14-22(20)28(30)31)26-21-8-5-4-7-19(21)24(27)29/h4-5,7-15,23,26H,2-3,6H2,1H3. The monoisotopic (exact) mass is 479 g/mol. The molecule has 158 valence electrons. The molecule has 0 radical (unpaired) electrons. The molecule has 3 aromatic rings. The van der Waals surface area contributed by atoms with E-state index in [2.05, 4.69) is 28.2 Å². The van der Waals surface area contributed by atoms with E-state index in [0.717, 1.165) is 19.3 Å². The van der Waals surface area contributed by atoms with E-state index in [0.29, 0.717) is 27.0 Å². The Hall–Kier alpha value is -3.19. The van der Waals surface area contributed by atoms with Crippen LogP contribution in [0.1, 0.15) is 47.4 Å². The molecule has 1 atom stereocenters. The first-order valence-corrected chi connectivity index (χ1v) is 11.0. The van der Waals surface area contributed by atoms with Gasteiger partial charge in [-0.2, -0.15) is 0 Å². The number of rotatable bonds is 6. The molecule has 0 bridgehead atoms. The highest BCUT2D eigenvalue weighted by atomic mass is 79.9. The van der Waals surface area contributed by atoms with Crippen molar-refractivity contribution in [2.24, 2.45) is 0 Å². The predicted molar refractivity (Wildman–Crippen MR) is 125 cm³/mol. The van der Waals surface area contributed by atoms with Crippen LogP contribution in [0.5, 0.6) is 0 Å². The van der Waals surface area contributed by atoms with E-state index < -0.39 is 11.1 Å². The van der Waals surface area contributed by atoms with Crippen LogP contribution in [0, 0.1) is 10.1 Å². The fourth-order valence-electron chi connectivity index (χ4n) is 3.85. The molecule has 1 unspecified atom stereocenters. The third-order valence-corrected chi connectivity index (χ3v) is 5.93. The number of amides is 1. The van der Waals surface area contributed by atoms with E-state index in [1.165, 1.54) is 11.6 Å². The number of hydrogen-bond acceptors (Lipinski definition) is 4. The molecule has 0 saturated heterocycles. The van der Waals surface area contributed by atoms with Crippen LogP contribution in [0.4, 0.5) is 17.1 Å². The molecule has 1 aliphatic heterocycles. The highest BCUT2D eigenvalue weighted by molar-refractivity contribution is 9.10. The van der Waals surface area contributed by atoms with Gasteiger partial charge in [-0.1, -0.05) is 53.5 Å². The highest BCUT2D eigenvalue weighted by Gasteiger charge is 2.37. The lowest BCUT2D eigenvalue weighted by Gasteiger charge is -2.38. The zero-order valence-corrected chi connectivity index (χ0v) is 18.6. The van der Waals surface area contributed by atoms with Gasteiger partial charge in [0.15, 0.2) is 0 Å². The van der Waals surface area contributed by atoms with Crippen molar-refractivity contribution in [1.82, 2.24) is 0 Å². The van der Waals surface area contributed by atoms with E-state index in [4.69, 9.17) is 0 Å². The minimum absolute atomic E-state index is 0.0440. The summed E-state index contributed by atoms with van der Waals surface area (Å²) in [4.78, 5) is 26.5. The van der Waals surface area contributed by atoms with Crippen molar-refractivity contribution >= 4 is 38.9 Å². The number of nitro benzene ring substituents is 1. The van der Waals surface area contributed by atoms with Gasteiger partial charge in [0, 0.05) is 21.9 Å². The maximum Gasteiger partial charge on any atom is 0.276 e. The number of aryl methyl sites for hydroxylation is 1. The fourth-order valence-corrected chi connectivity index (χ4v) is 4.23. The Morgan fingerprint density at radius 2 is 1.84 bits per heavy atom. The largest absolute Gasteiger partial charge is 0.360 e. The molecule has 0 fully saturated rings. The number of carbonyl (C=O) groups is 1. The van der Waals surface area contributed by atoms with Crippen molar-refractivity contribution in [3.8, 4) is 0 Å². The summed E-state index contributed by atoms with van der Waals surface area (Å²) >= 11 is 3.41. The molecule has 6 nitrogen and oxygen atoms in total. The summed E-state index contributed by atoms with van der Waals surface area (Å²) in [6.07, 6.45) is 2.47. The number of nitrogens with zero attached hydrogens (tertiary/aromatic N) is 2. The molecule has 1 N–H and O–H groups in total. The Labute approximate surface area is 189 Å². The van der Waals surface area contributed by atoms with Gasteiger partial charge in [0.1, 0.15) is 6.17 Å². The normalized spacial score (nSPS) is 15.4. The van der Waals surface area contributed by atoms with Crippen LogP contribution in [-0.4, -0.2) is 10.8 Å². The van der Waals surface area contributed by atoms with Crippen molar-refractivity contribution in [3.63, 3.8) is 0 Å². The lowest BCUT2D eigenvalue weighted by atomic mass is 10.0. The number of nitro groups is 1. The Morgan fingerprint density at radius 1 is 1.10 bits per heavy atom. The molecule has 4 rings (SSSR count). The quantitative estimate of drug-likeness (QED) is 0.324. The van der Waals surface area contributed by atoms with Gasteiger partial charge >= 0.3 is 0 Å². The van der Waals surface area contributed by atoms with Crippen molar-refractivity contribution in [1.29, 1.82) is 0 Å². The van der Waals surface area contributed by atoms with Gasteiger partial charge in [0.25, 0.3) is 11.6 Å². The summed E-state index contributed by atoms with van der Waals surface area (Å²) in [6.45, 7) is 2.15. The summed E-state index contributed by atoms with van der Waals surface area (Å²) in [5.41, 5.74) is 3.45. The van der Waals surface area contributed by atoms with Crippen LogP contribution in [0.3, 0.4) is 0 Å². The van der Waals surface area contributed by atoms with Crippen LogP contribution in [0.2, 0.25) is 0 Å². The van der Waals surface area contributed by atoms with Crippen molar-refractivity contribution in [2.45, 2.75) is 32.4 Å². The summed E-state index contributed by atoms with van der Waals surface area (Å²) in [6, 6.07) is 19.9. The smallest absolute Gasteiger partial charge is 0.276 e. The topological polar surface area (TPSA) is 75.5 Å². The lowest BCUT2D eigenvalue weighted by Crippen LogP contribution is -2.43. The van der Waals surface area contributed by atoms with Gasteiger partial charge in [-0.25, -0.2) is 0 Å². The zero-order chi connectivity index (χ0) is 22.0. The van der Waals surface area contributed by atoms with E-state index >= 15 is 0 Å². The number of para-hydroxylation sites is 1. The van der Waals surface area contributed by atoms with E-state index in [9.17, 15) is 14.9 Å². The first kappa shape index (κ1) is 21.1. The van der Waals surface area contributed by atoms with Crippen LogP contribution < -0.4 is 10.2 Å². The Kier molecular flexibility index (Phi) is 6.04. The molecule has 0 spiro atoms. The molecule has 1 amide bonds. The second kappa shape index (κ2) is 8.89.